The highest BCUT2D eigenvalue weighted by Gasteiger charge is 2.45. The van der Waals surface area contributed by atoms with Crippen molar-refractivity contribution in [3.8, 4) is 0 Å². The van der Waals surface area contributed by atoms with Crippen LogP contribution in [0, 0.1) is 12.8 Å². The summed E-state index contributed by atoms with van der Waals surface area (Å²) >= 11 is 1.77. The van der Waals surface area contributed by atoms with E-state index in [0.29, 0.717) is 5.92 Å². The van der Waals surface area contributed by atoms with Gasteiger partial charge in [0.15, 0.2) is 0 Å². The number of thiazole rings is 1. The molecule has 1 fully saturated rings. The van der Waals surface area contributed by atoms with Crippen molar-refractivity contribution in [2.75, 3.05) is 13.1 Å². The average molecular weight is 295 g/mol. The molecule has 1 aromatic heterocycles. The molecule has 2 atom stereocenters. The number of hydrogen-bond donors (Lipinski definition) is 1. The van der Waals surface area contributed by atoms with Gasteiger partial charge in [0.2, 0.25) is 0 Å². The van der Waals surface area contributed by atoms with Crippen LogP contribution in [0.5, 0.6) is 0 Å². The number of aromatic nitrogens is 1. The SMILES string of the molecule is Cc1ccc(C2(c3nccs3)CNCC2C)cc1.Cl. The molecule has 0 saturated carbocycles. The van der Waals surface area contributed by atoms with Crippen LogP contribution in [0.1, 0.15) is 23.1 Å². The summed E-state index contributed by atoms with van der Waals surface area (Å²) in [7, 11) is 0. The molecule has 0 aliphatic carbocycles. The molecule has 1 aliphatic heterocycles. The normalized spacial score (nSPS) is 26.1. The Balaban J connectivity index is 0.00000133. The zero-order valence-electron chi connectivity index (χ0n) is 11.2. The topological polar surface area (TPSA) is 24.9 Å². The van der Waals surface area contributed by atoms with Crippen molar-refractivity contribution in [3.63, 3.8) is 0 Å². The predicted molar refractivity (Wildman–Crippen MR) is 83.4 cm³/mol. The smallest absolute Gasteiger partial charge is 0.105 e. The Kier molecular flexibility index (Phi) is 4.29. The lowest BCUT2D eigenvalue weighted by molar-refractivity contribution is 0.437. The minimum atomic E-state index is 0. The Morgan fingerprint density at radius 3 is 2.58 bits per heavy atom. The third-order valence-electron chi connectivity index (χ3n) is 4.08. The first-order valence-electron chi connectivity index (χ1n) is 6.41. The fourth-order valence-corrected chi connectivity index (χ4v) is 3.90. The largest absolute Gasteiger partial charge is 0.315 e. The second-order valence-electron chi connectivity index (χ2n) is 5.21. The van der Waals surface area contributed by atoms with Crippen LogP contribution in [0.15, 0.2) is 35.8 Å². The quantitative estimate of drug-likeness (QED) is 0.918. The molecule has 1 aromatic carbocycles. The Morgan fingerprint density at radius 2 is 2.05 bits per heavy atom. The molecule has 2 heterocycles. The van der Waals surface area contributed by atoms with E-state index >= 15 is 0 Å². The van der Waals surface area contributed by atoms with Gasteiger partial charge in [0, 0.05) is 18.1 Å². The van der Waals surface area contributed by atoms with Crippen molar-refractivity contribution >= 4 is 23.7 Å². The second kappa shape index (κ2) is 5.61. The molecule has 1 saturated heterocycles. The summed E-state index contributed by atoms with van der Waals surface area (Å²) in [6.07, 6.45) is 1.92. The molecule has 0 spiro atoms. The number of nitrogens with zero attached hydrogens (tertiary/aromatic N) is 1. The van der Waals surface area contributed by atoms with Crippen LogP contribution in [0.3, 0.4) is 0 Å². The molecule has 19 heavy (non-hydrogen) atoms. The van der Waals surface area contributed by atoms with Gasteiger partial charge < -0.3 is 5.32 Å². The van der Waals surface area contributed by atoms with Gasteiger partial charge in [0.1, 0.15) is 5.01 Å². The van der Waals surface area contributed by atoms with Crippen LogP contribution in [-0.2, 0) is 5.41 Å². The average Bonchev–Trinajstić information content (AvgIpc) is 3.00. The summed E-state index contributed by atoms with van der Waals surface area (Å²) in [5.74, 6) is 0.575. The Labute approximate surface area is 124 Å². The van der Waals surface area contributed by atoms with E-state index in [9.17, 15) is 0 Å². The molecule has 2 unspecified atom stereocenters. The number of halogens is 1. The van der Waals surface area contributed by atoms with Gasteiger partial charge in [-0.15, -0.1) is 23.7 Å². The highest BCUT2D eigenvalue weighted by Crippen LogP contribution is 2.42. The zero-order chi connectivity index (χ0) is 12.6. The summed E-state index contributed by atoms with van der Waals surface area (Å²) in [6.45, 7) is 6.51. The highest BCUT2D eigenvalue weighted by molar-refractivity contribution is 7.09. The van der Waals surface area contributed by atoms with Crippen molar-refractivity contribution in [2.45, 2.75) is 19.3 Å². The van der Waals surface area contributed by atoms with Gasteiger partial charge in [0.05, 0.1) is 5.41 Å². The monoisotopic (exact) mass is 294 g/mol. The Morgan fingerprint density at radius 1 is 1.32 bits per heavy atom. The molecule has 2 nitrogen and oxygen atoms in total. The molecule has 0 radical (unpaired) electrons. The molecule has 102 valence electrons. The molecule has 3 rings (SSSR count). The summed E-state index contributed by atoms with van der Waals surface area (Å²) in [5.41, 5.74) is 2.76. The molecule has 2 aromatic rings. The lowest BCUT2D eigenvalue weighted by atomic mass is 9.73. The minimum absolute atomic E-state index is 0. The van der Waals surface area contributed by atoms with Crippen LogP contribution in [0.4, 0.5) is 0 Å². The molecular formula is C15H19ClN2S. The van der Waals surface area contributed by atoms with Crippen LogP contribution >= 0.6 is 23.7 Å². The summed E-state index contributed by atoms with van der Waals surface area (Å²) in [4.78, 5) is 4.60. The maximum atomic E-state index is 4.60. The Bertz CT molecular complexity index is 524. The molecular weight excluding hydrogens is 276 g/mol. The predicted octanol–water partition coefficient (Wildman–Crippen LogP) is 3.40. The Hall–Kier alpha value is -0.900. The van der Waals surface area contributed by atoms with E-state index in [1.807, 2.05) is 6.20 Å². The van der Waals surface area contributed by atoms with Gasteiger partial charge in [-0.25, -0.2) is 4.98 Å². The molecule has 0 bridgehead atoms. The molecule has 0 amide bonds. The van der Waals surface area contributed by atoms with E-state index < -0.39 is 0 Å². The van der Waals surface area contributed by atoms with Gasteiger partial charge in [-0.1, -0.05) is 36.8 Å². The number of nitrogens with one attached hydrogen (secondary N) is 1. The van der Waals surface area contributed by atoms with Gasteiger partial charge in [-0.2, -0.15) is 0 Å². The van der Waals surface area contributed by atoms with Gasteiger partial charge in [0.25, 0.3) is 0 Å². The summed E-state index contributed by atoms with van der Waals surface area (Å²) < 4.78 is 0. The van der Waals surface area contributed by atoms with E-state index in [2.05, 4.69) is 53.8 Å². The van der Waals surface area contributed by atoms with Gasteiger partial charge in [-0.3, -0.25) is 0 Å². The van der Waals surface area contributed by atoms with Crippen LogP contribution in [-0.4, -0.2) is 18.1 Å². The highest BCUT2D eigenvalue weighted by atomic mass is 35.5. The first-order chi connectivity index (χ1) is 8.73. The van der Waals surface area contributed by atoms with E-state index in [1.165, 1.54) is 16.1 Å². The summed E-state index contributed by atoms with van der Waals surface area (Å²) in [6, 6.07) is 8.94. The van der Waals surface area contributed by atoms with E-state index in [0.717, 1.165) is 13.1 Å². The summed E-state index contributed by atoms with van der Waals surface area (Å²) in [5, 5.41) is 6.85. The van der Waals surface area contributed by atoms with E-state index in [1.54, 1.807) is 11.3 Å². The third kappa shape index (κ3) is 2.31. The molecule has 1 N–H and O–H groups in total. The lowest BCUT2D eigenvalue weighted by Gasteiger charge is -2.31. The van der Waals surface area contributed by atoms with Crippen LogP contribution in [0.25, 0.3) is 0 Å². The van der Waals surface area contributed by atoms with Crippen molar-refractivity contribution in [1.29, 1.82) is 0 Å². The number of benzene rings is 1. The number of rotatable bonds is 2. The van der Waals surface area contributed by atoms with E-state index in [-0.39, 0.29) is 17.8 Å². The third-order valence-corrected chi connectivity index (χ3v) is 5.03. The number of aryl methyl sites for hydroxylation is 1. The molecule has 4 heteroatoms. The van der Waals surface area contributed by atoms with Crippen molar-refractivity contribution in [3.05, 3.63) is 52.0 Å². The fraction of sp³-hybridized carbons (Fsp3) is 0.400. The standard InChI is InChI=1S/C15H18N2S.ClH/c1-11-3-5-13(6-4-11)15(10-16-9-12(15)2)14-17-7-8-18-14;/h3-8,12,16H,9-10H2,1-2H3;1H. The minimum Gasteiger partial charge on any atom is -0.315 e. The maximum absolute atomic E-state index is 4.60. The van der Waals surface area contributed by atoms with Gasteiger partial charge in [-0.05, 0) is 24.9 Å². The zero-order valence-corrected chi connectivity index (χ0v) is 12.9. The fourth-order valence-electron chi connectivity index (χ4n) is 2.93. The van der Waals surface area contributed by atoms with Crippen LogP contribution < -0.4 is 5.32 Å². The van der Waals surface area contributed by atoms with Crippen molar-refractivity contribution < 1.29 is 0 Å². The van der Waals surface area contributed by atoms with Crippen molar-refractivity contribution in [2.24, 2.45) is 5.92 Å². The second-order valence-corrected chi connectivity index (χ2v) is 6.10. The molecule has 1 aliphatic rings. The first kappa shape index (κ1) is 14.5. The van der Waals surface area contributed by atoms with Gasteiger partial charge >= 0.3 is 0 Å². The lowest BCUT2D eigenvalue weighted by Crippen LogP contribution is -2.35. The van der Waals surface area contributed by atoms with Crippen molar-refractivity contribution in [1.82, 2.24) is 10.3 Å². The maximum Gasteiger partial charge on any atom is 0.105 e. The van der Waals surface area contributed by atoms with Crippen LogP contribution in [0.2, 0.25) is 0 Å². The first-order valence-corrected chi connectivity index (χ1v) is 7.29. The number of hydrogen-bond acceptors (Lipinski definition) is 3. The van der Waals surface area contributed by atoms with E-state index in [4.69, 9.17) is 0 Å².